The van der Waals surface area contributed by atoms with Crippen molar-refractivity contribution in [3.05, 3.63) is 64.7 Å². The molecule has 2 aromatic heterocycles. The first-order valence-corrected chi connectivity index (χ1v) is 9.78. The number of nitrogens with zero attached hydrogens (tertiary/aromatic N) is 5. The monoisotopic (exact) mass is 407 g/mol. The number of nitrogens with one attached hydrogen (secondary N) is 2. The maximum atomic E-state index is 12.2. The lowest BCUT2D eigenvalue weighted by Gasteiger charge is -2.20. The Morgan fingerprint density at radius 2 is 1.77 bits per heavy atom. The Bertz CT molecular complexity index is 1060. The van der Waals surface area contributed by atoms with E-state index < -0.39 is 0 Å². The average molecular weight is 407 g/mol. The Hall–Kier alpha value is -3.75. The SMILES string of the molecule is CCN(CC)c1cc(C)nc(Nc2ccc(NC(=O)Cn3ncccc3=O)cc2)n1. The van der Waals surface area contributed by atoms with Crippen molar-refractivity contribution in [2.45, 2.75) is 27.3 Å². The lowest BCUT2D eigenvalue weighted by molar-refractivity contribution is -0.117. The first-order chi connectivity index (χ1) is 14.5. The van der Waals surface area contributed by atoms with Crippen LogP contribution in [0, 0.1) is 6.92 Å². The first-order valence-electron chi connectivity index (χ1n) is 9.78. The fourth-order valence-electron chi connectivity index (χ4n) is 2.93. The van der Waals surface area contributed by atoms with Gasteiger partial charge in [-0.15, -0.1) is 0 Å². The van der Waals surface area contributed by atoms with Gasteiger partial charge in [0.2, 0.25) is 11.9 Å². The predicted molar refractivity (Wildman–Crippen MR) is 117 cm³/mol. The Labute approximate surface area is 174 Å². The van der Waals surface area contributed by atoms with Gasteiger partial charge in [-0.05, 0) is 51.1 Å². The van der Waals surface area contributed by atoms with Crippen LogP contribution in [0.25, 0.3) is 0 Å². The van der Waals surface area contributed by atoms with Crippen LogP contribution in [-0.4, -0.2) is 38.7 Å². The maximum Gasteiger partial charge on any atom is 0.267 e. The van der Waals surface area contributed by atoms with E-state index in [4.69, 9.17) is 0 Å². The molecule has 3 rings (SSSR count). The highest BCUT2D eigenvalue weighted by molar-refractivity contribution is 5.90. The molecule has 0 aliphatic heterocycles. The molecular formula is C21H25N7O2. The van der Waals surface area contributed by atoms with E-state index in [-0.39, 0.29) is 18.0 Å². The molecule has 156 valence electrons. The summed E-state index contributed by atoms with van der Waals surface area (Å²) >= 11 is 0. The van der Waals surface area contributed by atoms with Gasteiger partial charge in [-0.2, -0.15) is 10.1 Å². The summed E-state index contributed by atoms with van der Waals surface area (Å²) in [5.74, 6) is 1.06. The van der Waals surface area contributed by atoms with Gasteiger partial charge in [-0.3, -0.25) is 9.59 Å². The fourth-order valence-corrected chi connectivity index (χ4v) is 2.93. The number of benzene rings is 1. The molecule has 1 amide bonds. The first kappa shape index (κ1) is 21.0. The molecule has 2 heterocycles. The van der Waals surface area contributed by atoms with E-state index in [2.05, 4.69) is 44.4 Å². The fraction of sp³-hybridized carbons (Fsp3) is 0.286. The molecule has 0 radical (unpaired) electrons. The Morgan fingerprint density at radius 3 is 2.43 bits per heavy atom. The molecule has 0 unspecified atom stereocenters. The zero-order chi connectivity index (χ0) is 21.5. The number of aromatic nitrogens is 4. The van der Waals surface area contributed by atoms with Gasteiger partial charge in [0.1, 0.15) is 12.4 Å². The van der Waals surface area contributed by atoms with E-state index in [1.807, 2.05) is 25.1 Å². The van der Waals surface area contributed by atoms with Gasteiger partial charge >= 0.3 is 0 Å². The van der Waals surface area contributed by atoms with Crippen LogP contribution in [0.2, 0.25) is 0 Å². The molecule has 0 fully saturated rings. The Morgan fingerprint density at radius 1 is 1.07 bits per heavy atom. The van der Waals surface area contributed by atoms with E-state index in [0.717, 1.165) is 35.0 Å². The van der Waals surface area contributed by atoms with Crippen molar-refractivity contribution in [2.75, 3.05) is 28.6 Å². The van der Waals surface area contributed by atoms with E-state index in [0.29, 0.717) is 11.6 Å². The van der Waals surface area contributed by atoms with Crippen LogP contribution in [0.1, 0.15) is 19.5 Å². The summed E-state index contributed by atoms with van der Waals surface area (Å²) in [6.45, 7) is 7.70. The molecule has 3 aromatic rings. The van der Waals surface area contributed by atoms with Crippen LogP contribution in [0.5, 0.6) is 0 Å². The number of aryl methyl sites for hydroxylation is 1. The molecule has 0 spiro atoms. The minimum Gasteiger partial charge on any atom is -0.357 e. The number of hydrogen-bond acceptors (Lipinski definition) is 7. The van der Waals surface area contributed by atoms with E-state index >= 15 is 0 Å². The Balaban J connectivity index is 1.65. The van der Waals surface area contributed by atoms with Crippen LogP contribution >= 0.6 is 0 Å². The second-order valence-electron chi connectivity index (χ2n) is 6.63. The molecule has 0 aliphatic rings. The summed E-state index contributed by atoms with van der Waals surface area (Å²) in [7, 11) is 0. The van der Waals surface area contributed by atoms with Gasteiger partial charge in [0.25, 0.3) is 5.56 Å². The zero-order valence-corrected chi connectivity index (χ0v) is 17.3. The van der Waals surface area contributed by atoms with Crippen LogP contribution in [-0.2, 0) is 11.3 Å². The average Bonchev–Trinajstić information content (AvgIpc) is 2.72. The third-order valence-electron chi connectivity index (χ3n) is 4.43. The van der Waals surface area contributed by atoms with E-state index in [9.17, 15) is 9.59 Å². The summed E-state index contributed by atoms with van der Waals surface area (Å²) < 4.78 is 1.10. The molecule has 9 nitrogen and oxygen atoms in total. The minimum absolute atomic E-state index is 0.148. The molecule has 0 saturated carbocycles. The Kier molecular flexibility index (Phi) is 6.74. The van der Waals surface area contributed by atoms with Crippen molar-refractivity contribution in [1.82, 2.24) is 19.7 Å². The van der Waals surface area contributed by atoms with Crippen LogP contribution < -0.4 is 21.1 Å². The molecule has 2 N–H and O–H groups in total. The third kappa shape index (κ3) is 5.40. The molecule has 0 atom stereocenters. The van der Waals surface area contributed by atoms with Gasteiger partial charge < -0.3 is 15.5 Å². The van der Waals surface area contributed by atoms with Crippen LogP contribution in [0.4, 0.5) is 23.1 Å². The minimum atomic E-state index is -0.331. The second-order valence-corrected chi connectivity index (χ2v) is 6.63. The topological polar surface area (TPSA) is 105 Å². The van der Waals surface area contributed by atoms with Gasteiger partial charge in [0.05, 0.1) is 0 Å². The molecular weight excluding hydrogens is 382 g/mol. The molecule has 30 heavy (non-hydrogen) atoms. The van der Waals surface area contributed by atoms with Crippen molar-refractivity contribution in [3.63, 3.8) is 0 Å². The highest BCUT2D eigenvalue weighted by atomic mass is 16.2. The molecule has 0 aliphatic carbocycles. The van der Waals surface area contributed by atoms with Crippen molar-refractivity contribution >= 4 is 29.0 Å². The van der Waals surface area contributed by atoms with E-state index in [1.165, 1.54) is 18.3 Å². The van der Waals surface area contributed by atoms with Gasteiger partial charge in [-0.1, -0.05) is 0 Å². The zero-order valence-electron chi connectivity index (χ0n) is 17.3. The third-order valence-corrected chi connectivity index (χ3v) is 4.43. The maximum absolute atomic E-state index is 12.2. The smallest absolute Gasteiger partial charge is 0.267 e. The van der Waals surface area contributed by atoms with Crippen molar-refractivity contribution in [1.29, 1.82) is 0 Å². The number of amides is 1. The van der Waals surface area contributed by atoms with Crippen LogP contribution in [0.3, 0.4) is 0 Å². The summed E-state index contributed by atoms with van der Waals surface area (Å²) in [6.07, 6.45) is 1.47. The van der Waals surface area contributed by atoms with Gasteiger partial charge in [-0.25, -0.2) is 9.67 Å². The quantitative estimate of drug-likeness (QED) is 0.591. The summed E-state index contributed by atoms with van der Waals surface area (Å²) in [4.78, 5) is 35.0. The lowest BCUT2D eigenvalue weighted by atomic mass is 10.2. The van der Waals surface area contributed by atoms with Gasteiger partial charge in [0, 0.05) is 48.5 Å². The summed E-state index contributed by atoms with van der Waals surface area (Å²) in [5, 5.41) is 9.83. The number of carbonyl (C=O) groups is 1. The number of anilines is 4. The number of rotatable bonds is 8. The van der Waals surface area contributed by atoms with E-state index in [1.54, 1.807) is 12.1 Å². The highest BCUT2D eigenvalue weighted by Crippen LogP contribution is 2.20. The number of carbonyl (C=O) groups excluding carboxylic acids is 1. The lowest BCUT2D eigenvalue weighted by Crippen LogP contribution is -2.28. The standard InChI is InChI=1S/C21H25N7O2/c1-4-27(5-2)18-13-15(3)23-21(26-18)25-17-10-8-16(9-11-17)24-19(29)14-28-20(30)7-6-12-22-28/h6-13H,4-5,14H2,1-3H3,(H,24,29)(H,23,25,26). The molecule has 0 bridgehead atoms. The normalized spacial score (nSPS) is 10.5. The number of hydrogen-bond donors (Lipinski definition) is 2. The van der Waals surface area contributed by atoms with Crippen LogP contribution in [0.15, 0.2) is 53.5 Å². The predicted octanol–water partition coefficient (Wildman–Crippen LogP) is 2.57. The van der Waals surface area contributed by atoms with Gasteiger partial charge in [0.15, 0.2) is 0 Å². The van der Waals surface area contributed by atoms with Crippen molar-refractivity contribution in [2.24, 2.45) is 0 Å². The summed E-state index contributed by atoms with van der Waals surface area (Å²) in [5.41, 5.74) is 1.96. The largest absolute Gasteiger partial charge is 0.357 e. The molecule has 9 heteroatoms. The molecule has 1 aromatic carbocycles. The van der Waals surface area contributed by atoms with Crippen molar-refractivity contribution < 1.29 is 4.79 Å². The molecule has 0 saturated heterocycles. The second kappa shape index (κ2) is 9.64. The highest BCUT2D eigenvalue weighted by Gasteiger charge is 2.09. The summed E-state index contributed by atoms with van der Waals surface area (Å²) in [6, 6.07) is 12.0. The van der Waals surface area contributed by atoms with Crippen molar-refractivity contribution in [3.8, 4) is 0 Å².